The third-order valence-corrected chi connectivity index (χ3v) is 1.55. The third-order valence-electron chi connectivity index (χ3n) is 1.43. The van der Waals surface area contributed by atoms with Crippen LogP contribution in [0.2, 0.25) is 0 Å². The molecule has 0 rings (SSSR count). The molecule has 0 fully saturated rings. The van der Waals surface area contributed by atoms with Crippen LogP contribution >= 0.6 is 11.6 Å². The highest BCUT2D eigenvalue weighted by Gasteiger charge is 2.11. The van der Waals surface area contributed by atoms with E-state index in [1.807, 2.05) is 6.08 Å². The van der Waals surface area contributed by atoms with Gasteiger partial charge in [0, 0.05) is 5.03 Å². The summed E-state index contributed by atoms with van der Waals surface area (Å²) in [5.41, 5.74) is 1.17. The Labute approximate surface area is 74.3 Å². The predicted octanol–water partition coefficient (Wildman–Crippen LogP) is 3.90. The van der Waals surface area contributed by atoms with E-state index in [4.69, 9.17) is 11.6 Å². The SMILES string of the molecule is C=C(Cl)/C=C\C(=C)C(C)(C)C. The summed E-state index contributed by atoms with van der Waals surface area (Å²) in [6.07, 6.45) is 3.66. The minimum atomic E-state index is 0.114. The van der Waals surface area contributed by atoms with Gasteiger partial charge in [0.15, 0.2) is 0 Å². The summed E-state index contributed by atoms with van der Waals surface area (Å²) in [4.78, 5) is 0. The van der Waals surface area contributed by atoms with Crippen molar-refractivity contribution >= 4 is 11.6 Å². The monoisotopic (exact) mass is 170 g/mol. The Morgan fingerprint density at radius 1 is 1.18 bits per heavy atom. The number of halogens is 1. The van der Waals surface area contributed by atoms with E-state index >= 15 is 0 Å². The molecule has 0 aliphatic carbocycles. The molecule has 0 nitrogen and oxygen atoms in total. The van der Waals surface area contributed by atoms with Gasteiger partial charge in [0.2, 0.25) is 0 Å². The smallest absolute Gasteiger partial charge is 0.0334 e. The maximum absolute atomic E-state index is 5.55. The van der Waals surface area contributed by atoms with Crippen molar-refractivity contribution in [1.29, 1.82) is 0 Å². The van der Waals surface area contributed by atoms with Crippen LogP contribution in [0.3, 0.4) is 0 Å². The second-order valence-corrected chi connectivity index (χ2v) is 4.04. The molecular formula is C10H15Cl. The number of hydrogen-bond donors (Lipinski definition) is 0. The molecule has 0 aliphatic rings. The first-order chi connectivity index (χ1) is 4.84. The molecule has 62 valence electrons. The topological polar surface area (TPSA) is 0 Å². The van der Waals surface area contributed by atoms with Gasteiger partial charge >= 0.3 is 0 Å². The molecule has 0 radical (unpaired) electrons. The average molecular weight is 171 g/mol. The van der Waals surface area contributed by atoms with E-state index < -0.39 is 0 Å². The van der Waals surface area contributed by atoms with E-state index in [0.717, 1.165) is 5.57 Å². The number of rotatable bonds is 2. The summed E-state index contributed by atoms with van der Waals surface area (Å²) in [5, 5.41) is 0.537. The summed E-state index contributed by atoms with van der Waals surface area (Å²) in [7, 11) is 0. The molecule has 0 N–H and O–H groups in total. The maximum atomic E-state index is 5.55. The van der Waals surface area contributed by atoms with Crippen LogP contribution in [0, 0.1) is 5.41 Å². The Morgan fingerprint density at radius 2 is 1.64 bits per heavy atom. The molecule has 0 spiro atoms. The molecule has 0 heterocycles. The highest BCUT2D eigenvalue weighted by atomic mass is 35.5. The zero-order valence-corrected chi connectivity index (χ0v) is 8.20. The van der Waals surface area contributed by atoms with Gasteiger partial charge in [0.05, 0.1) is 0 Å². The summed E-state index contributed by atoms with van der Waals surface area (Å²) in [5.74, 6) is 0. The van der Waals surface area contributed by atoms with Gasteiger partial charge < -0.3 is 0 Å². The van der Waals surface area contributed by atoms with E-state index in [0.29, 0.717) is 5.03 Å². The van der Waals surface area contributed by atoms with E-state index in [-0.39, 0.29) is 5.41 Å². The highest BCUT2D eigenvalue weighted by Crippen LogP contribution is 2.24. The minimum Gasteiger partial charge on any atom is -0.0953 e. The van der Waals surface area contributed by atoms with Crippen LogP contribution in [-0.4, -0.2) is 0 Å². The molecule has 0 saturated heterocycles. The van der Waals surface area contributed by atoms with Crippen LogP contribution in [-0.2, 0) is 0 Å². The van der Waals surface area contributed by atoms with E-state index in [9.17, 15) is 0 Å². The fraction of sp³-hybridized carbons (Fsp3) is 0.400. The van der Waals surface area contributed by atoms with Crippen molar-refractivity contribution in [1.82, 2.24) is 0 Å². The molecule has 0 aliphatic heterocycles. The minimum absolute atomic E-state index is 0.114. The van der Waals surface area contributed by atoms with Gasteiger partial charge in [-0.3, -0.25) is 0 Å². The first kappa shape index (κ1) is 10.5. The van der Waals surface area contributed by atoms with Gasteiger partial charge in [-0.15, -0.1) is 0 Å². The maximum Gasteiger partial charge on any atom is 0.0334 e. The molecule has 0 amide bonds. The number of hydrogen-bond acceptors (Lipinski definition) is 0. The fourth-order valence-corrected chi connectivity index (χ4v) is 0.504. The second kappa shape index (κ2) is 3.77. The Morgan fingerprint density at radius 3 is 1.91 bits per heavy atom. The van der Waals surface area contributed by atoms with Gasteiger partial charge in [-0.25, -0.2) is 0 Å². The fourth-order valence-electron chi connectivity index (χ4n) is 0.441. The molecule has 0 atom stereocenters. The lowest BCUT2D eigenvalue weighted by Gasteiger charge is -2.18. The Bertz CT molecular complexity index is 191. The molecule has 1 heteroatoms. The molecule has 0 aromatic carbocycles. The lowest BCUT2D eigenvalue weighted by molar-refractivity contribution is 0.519. The predicted molar refractivity (Wildman–Crippen MR) is 52.7 cm³/mol. The first-order valence-electron chi connectivity index (χ1n) is 3.56. The molecular weight excluding hydrogens is 156 g/mol. The van der Waals surface area contributed by atoms with Crippen LogP contribution in [0.1, 0.15) is 20.8 Å². The normalized spacial score (nSPS) is 12.0. The first-order valence-corrected chi connectivity index (χ1v) is 3.93. The molecule has 11 heavy (non-hydrogen) atoms. The van der Waals surface area contributed by atoms with Crippen molar-refractivity contribution < 1.29 is 0 Å². The van der Waals surface area contributed by atoms with Crippen molar-refractivity contribution in [2.24, 2.45) is 5.41 Å². The molecule has 0 unspecified atom stereocenters. The van der Waals surface area contributed by atoms with Gasteiger partial charge in [-0.05, 0) is 17.1 Å². The van der Waals surface area contributed by atoms with Crippen molar-refractivity contribution in [3.05, 3.63) is 35.9 Å². The molecule has 0 bridgehead atoms. The van der Waals surface area contributed by atoms with Crippen molar-refractivity contribution in [2.45, 2.75) is 20.8 Å². The van der Waals surface area contributed by atoms with Crippen LogP contribution in [0.25, 0.3) is 0 Å². The Kier molecular flexibility index (Phi) is 3.61. The highest BCUT2D eigenvalue weighted by molar-refractivity contribution is 6.30. The van der Waals surface area contributed by atoms with E-state index in [2.05, 4.69) is 33.9 Å². The zero-order chi connectivity index (χ0) is 9.07. The van der Waals surface area contributed by atoms with Gasteiger partial charge in [0.1, 0.15) is 0 Å². The van der Waals surface area contributed by atoms with Crippen LogP contribution in [0.15, 0.2) is 35.9 Å². The van der Waals surface area contributed by atoms with Crippen molar-refractivity contribution in [2.75, 3.05) is 0 Å². The Balaban J connectivity index is 4.20. The summed E-state index contributed by atoms with van der Waals surface area (Å²) < 4.78 is 0. The van der Waals surface area contributed by atoms with Gasteiger partial charge in [0.25, 0.3) is 0 Å². The van der Waals surface area contributed by atoms with Crippen molar-refractivity contribution in [3.63, 3.8) is 0 Å². The standard InChI is InChI=1S/C10H15Cl/c1-8(10(3,4)5)6-7-9(2)11/h6-7H,1-2H2,3-5H3/b7-6-. The summed E-state index contributed by atoms with van der Waals surface area (Å²) >= 11 is 5.55. The molecule has 0 aromatic heterocycles. The van der Waals surface area contributed by atoms with Crippen LogP contribution < -0.4 is 0 Å². The average Bonchev–Trinajstić information content (AvgIpc) is 1.80. The van der Waals surface area contributed by atoms with Gasteiger partial charge in [-0.1, -0.05) is 51.6 Å². The lowest BCUT2D eigenvalue weighted by atomic mass is 9.87. The number of allylic oxidation sites excluding steroid dienone is 4. The molecule has 0 saturated carbocycles. The lowest BCUT2D eigenvalue weighted by Crippen LogP contribution is -2.05. The van der Waals surface area contributed by atoms with E-state index in [1.165, 1.54) is 0 Å². The molecule has 0 aromatic rings. The van der Waals surface area contributed by atoms with Crippen molar-refractivity contribution in [3.8, 4) is 0 Å². The quantitative estimate of drug-likeness (QED) is 0.552. The van der Waals surface area contributed by atoms with Crippen LogP contribution in [0.5, 0.6) is 0 Å². The second-order valence-electron chi connectivity index (χ2n) is 3.56. The summed E-state index contributed by atoms with van der Waals surface area (Å²) in [6, 6.07) is 0. The zero-order valence-electron chi connectivity index (χ0n) is 7.45. The van der Waals surface area contributed by atoms with Crippen LogP contribution in [0.4, 0.5) is 0 Å². The van der Waals surface area contributed by atoms with Gasteiger partial charge in [-0.2, -0.15) is 0 Å². The Hall–Kier alpha value is -0.490. The largest absolute Gasteiger partial charge is 0.0953 e. The van der Waals surface area contributed by atoms with E-state index in [1.54, 1.807) is 6.08 Å². The summed E-state index contributed by atoms with van der Waals surface area (Å²) in [6.45, 7) is 13.8. The third kappa shape index (κ3) is 4.86.